The number of nitrogens with zero attached hydrogens (tertiary/aromatic N) is 2. The molecule has 6 heteroatoms. The normalized spacial score (nSPS) is 20.9. The minimum Gasteiger partial charge on any atom is -0.334 e. The van der Waals surface area contributed by atoms with Crippen LogP contribution in [0.25, 0.3) is 0 Å². The van der Waals surface area contributed by atoms with Crippen LogP contribution in [-0.4, -0.2) is 41.7 Å². The van der Waals surface area contributed by atoms with E-state index in [1.54, 1.807) is 12.3 Å². The molecule has 0 saturated carbocycles. The molecule has 1 saturated heterocycles. The first kappa shape index (κ1) is 10.0. The Hall–Kier alpha value is -1.53. The maximum atomic E-state index is 11.6. The first-order chi connectivity index (χ1) is 7.36. The van der Waals surface area contributed by atoms with Crippen molar-refractivity contribution in [2.45, 2.75) is 6.17 Å². The summed E-state index contributed by atoms with van der Waals surface area (Å²) in [5, 5.41) is 9.20. The number of carbonyl (C=O) groups excluding carboxylic acids is 1. The van der Waals surface area contributed by atoms with Crippen molar-refractivity contribution in [2.75, 3.05) is 19.6 Å². The highest BCUT2D eigenvalue weighted by Crippen LogP contribution is 1.92. The van der Waals surface area contributed by atoms with E-state index >= 15 is 0 Å². The fraction of sp³-hybridized carbons (Fsp3) is 0.444. The lowest BCUT2D eigenvalue weighted by molar-refractivity contribution is 0.0919. The molecule has 1 aliphatic heterocycles. The summed E-state index contributed by atoms with van der Waals surface area (Å²) < 4.78 is 0. The van der Waals surface area contributed by atoms with Crippen molar-refractivity contribution in [3.63, 3.8) is 0 Å². The molecule has 1 fully saturated rings. The second kappa shape index (κ2) is 4.81. The summed E-state index contributed by atoms with van der Waals surface area (Å²) in [7, 11) is 0. The van der Waals surface area contributed by atoms with Gasteiger partial charge >= 0.3 is 0 Å². The van der Waals surface area contributed by atoms with Crippen LogP contribution in [0.5, 0.6) is 0 Å². The fourth-order valence-corrected chi connectivity index (χ4v) is 1.41. The van der Waals surface area contributed by atoms with Gasteiger partial charge in [-0.1, -0.05) is 0 Å². The standard InChI is InChI=1S/C9H13N5O/c15-9(7-1-2-11-6-13-7)14-8-5-10-3-4-12-8/h1-2,6,8,10,12H,3-5H2,(H,14,15). The number of hydrogen-bond donors (Lipinski definition) is 3. The fourth-order valence-electron chi connectivity index (χ4n) is 1.41. The minimum atomic E-state index is -0.182. The van der Waals surface area contributed by atoms with Crippen LogP contribution in [0.1, 0.15) is 10.5 Å². The van der Waals surface area contributed by atoms with Crippen LogP contribution in [0, 0.1) is 0 Å². The topological polar surface area (TPSA) is 78.9 Å². The summed E-state index contributed by atoms with van der Waals surface area (Å²) in [6.07, 6.45) is 2.89. The number of aromatic nitrogens is 2. The molecule has 15 heavy (non-hydrogen) atoms. The van der Waals surface area contributed by atoms with Gasteiger partial charge in [0.05, 0.1) is 6.17 Å². The molecule has 1 aromatic rings. The second-order valence-corrected chi connectivity index (χ2v) is 3.28. The average molecular weight is 207 g/mol. The van der Waals surface area contributed by atoms with Gasteiger partial charge in [-0.05, 0) is 6.07 Å². The first-order valence-electron chi connectivity index (χ1n) is 4.87. The Morgan fingerprint density at radius 2 is 2.47 bits per heavy atom. The quantitative estimate of drug-likeness (QED) is 0.563. The summed E-state index contributed by atoms with van der Waals surface area (Å²) >= 11 is 0. The van der Waals surface area contributed by atoms with E-state index in [1.807, 2.05) is 0 Å². The van der Waals surface area contributed by atoms with Crippen LogP contribution in [0.4, 0.5) is 0 Å². The molecule has 0 spiro atoms. The van der Waals surface area contributed by atoms with Crippen molar-refractivity contribution in [2.24, 2.45) is 0 Å². The molecule has 1 aromatic heterocycles. The number of hydrogen-bond acceptors (Lipinski definition) is 5. The molecule has 3 N–H and O–H groups in total. The van der Waals surface area contributed by atoms with Crippen LogP contribution in [-0.2, 0) is 0 Å². The third-order valence-electron chi connectivity index (χ3n) is 2.16. The summed E-state index contributed by atoms with van der Waals surface area (Å²) in [5.41, 5.74) is 0.386. The molecule has 0 radical (unpaired) electrons. The largest absolute Gasteiger partial charge is 0.334 e. The summed E-state index contributed by atoms with van der Waals surface area (Å²) in [5.74, 6) is -0.182. The highest BCUT2D eigenvalue weighted by molar-refractivity contribution is 5.92. The molecule has 0 aliphatic carbocycles. The van der Waals surface area contributed by atoms with Crippen molar-refractivity contribution < 1.29 is 4.79 Å². The zero-order valence-corrected chi connectivity index (χ0v) is 8.23. The van der Waals surface area contributed by atoms with Gasteiger partial charge in [0.15, 0.2) is 0 Å². The zero-order valence-electron chi connectivity index (χ0n) is 8.23. The first-order valence-corrected chi connectivity index (χ1v) is 4.87. The third-order valence-corrected chi connectivity index (χ3v) is 2.16. The van der Waals surface area contributed by atoms with E-state index in [0.717, 1.165) is 19.6 Å². The number of nitrogens with one attached hydrogen (secondary N) is 3. The van der Waals surface area contributed by atoms with Crippen molar-refractivity contribution in [1.82, 2.24) is 25.9 Å². The highest BCUT2D eigenvalue weighted by Gasteiger charge is 2.15. The number of rotatable bonds is 2. The summed E-state index contributed by atoms with van der Waals surface area (Å²) in [6, 6.07) is 1.59. The maximum absolute atomic E-state index is 11.6. The lowest BCUT2D eigenvalue weighted by atomic mass is 10.3. The van der Waals surface area contributed by atoms with E-state index in [4.69, 9.17) is 0 Å². The van der Waals surface area contributed by atoms with Gasteiger partial charge in [0, 0.05) is 25.8 Å². The Balaban J connectivity index is 1.91. The van der Waals surface area contributed by atoms with Gasteiger partial charge in [-0.15, -0.1) is 0 Å². The highest BCUT2D eigenvalue weighted by atomic mass is 16.2. The van der Waals surface area contributed by atoms with Gasteiger partial charge in [-0.3, -0.25) is 10.1 Å². The van der Waals surface area contributed by atoms with Gasteiger partial charge < -0.3 is 10.6 Å². The van der Waals surface area contributed by atoms with E-state index in [1.165, 1.54) is 6.33 Å². The van der Waals surface area contributed by atoms with Crippen molar-refractivity contribution in [1.29, 1.82) is 0 Å². The van der Waals surface area contributed by atoms with E-state index in [2.05, 4.69) is 25.9 Å². The predicted octanol–water partition coefficient (Wildman–Crippen LogP) is -1.27. The van der Waals surface area contributed by atoms with Gasteiger partial charge in [-0.2, -0.15) is 0 Å². The van der Waals surface area contributed by atoms with Gasteiger partial charge in [-0.25, -0.2) is 9.97 Å². The SMILES string of the molecule is O=C(NC1CNCCN1)c1ccncn1. The molecule has 2 heterocycles. The van der Waals surface area contributed by atoms with Crippen LogP contribution < -0.4 is 16.0 Å². The zero-order chi connectivity index (χ0) is 10.5. The minimum absolute atomic E-state index is 0.0267. The van der Waals surface area contributed by atoms with E-state index < -0.39 is 0 Å². The summed E-state index contributed by atoms with van der Waals surface area (Å²) in [6.45, 7) is 2.52. The molecular formula is C9H13N5O. The van der Waals surface area contributed by atoms with Crippen molar-refractivity contribution in [3.8, 4) is 0 Å². The Morgan fingerprint density at radius 1 is 1.53 bits per heavy atom. The lowest BCUT2D eigenvalue weighted by Gasteiger charge is -2.25. The van der Waals surface area contributed by atoms with E-state index in [9.17, 15) is 4.79 Å². The van der Waals surface area contributed by atoms with E-state index in [-0.39, 0.29) is 12.1 Å². The van der Waals surface area contributed by atoms with Crippen LogP contribution >= 0.6 is 0 Å². The molecule has 1 amide bonds. The molecule has 0 aromatic carbocycles. The second-order valence-electron chi connectivity index (χ2n) is 3.28. The van der Waals surface area contributed by atoms with Crippen molar-refractivity contribution in [3.05, 3.63) is 24.3 Å². The Labute approximate surface area is 87.5 Å². The smallest absolute Gasteiger partial charge is 0.271 e. The lowest BCUT2D eigenvalue weighted by Crippen LogP contribution is -2.57. The maximum Gasteiger partial charge on any atom is 0.271 e. The Kier molecular flexibility index (Phi) is 3.21. The predicted molar refractivity (Wildman–Crippen MR) is 54.2 cm³/mol. The van der Waals surface area contributed by atoms with Gasteiger partial charge in [0.2, 0.25) is 0 Å². The van der Waals surface area contributed by atoms with Crippen LogP contribution in [0.15, 0.2) is 18.6 Å². The summed E-state index contributed by atoms with van der Waals surface area (Å²) in [4.78, 5) is 19.3. The van der Waals surface area contributed by atoms with Crippen LogP contribution in [0.2, 0.25) is 0 Å². The Morgan fingerprint density at radius 3 is 3.13 bits per heavy atom. The molecule has 0 bridgehead atoms. The van der Waals surface area contributed by atoms with Crippen LogP contribution in [0.3, 0.4) is 0 Å². The van der Waals surface area contributed by atoms with Gasteiger partial charge in [0.25, 0.3) is 5.91 Å². The molecule has 1 aliphatic rings. The van der Waals surface area contributed by atoms with E-state index in [0.29, 0.717) is 5.69 Å². The number of amides is 1. The number of piperazine rings is 1. The number of carbonyl (C=O) groups is 1. The molecule has 80 valence electrons. The molecule has 1 atom stereocenters. The van der Waals surface area contributed by atoms with Crippen molar-refractivity contribution >= 4 is 5.91 Å². The Bertz CT molecular complexity index is 323. The molecule has 1 unspecified atom stereocenters. The monoisotopic (exact) mass is 207 g/mol. The van der Waals surface area contributed by atoms with Gasteiger partial charge in [0.1, 0.15) is 12.0 Å². The molecule has 6 nitrogen and oxygen atoms in total. The molecule has 2 rings (SSSR count). The average Bonchev–Trinajstić information content (AvgIpc) is 2.31. The third kappa shape index (κ3) is 2.71. The molecular weight excluding hydrogens is 194 g/mol.